The molecule has 1 heterocycles. The Balaban J connectivity index is 1.65. The summed E-state index contributed by atoms with van der Waals surface area (Å²) in [4.78, 5) is 12.1. The van der Waals surface area contributed by atoms with Gasteiger partial charge in [0.2, 0.25) is 5.91 Å². The fourth-order valence-electron chi connectivity index (χ4n) is 2.00. The van der Waals surface area contributed by atoms with E-state index in [1.165, 1.54) is 0 Å². The van der Waals surface area contributed by atoms with Crippen LogP contribution in [0.15, 0.2) is 64.0 Å². The van der Waals surface area contributed by atoms with Crippen LogP contribution >= 0.6 is 23.4 Å². The smallest absolute Gasteiger partial charge is 0.248 e. The normalized spacial score (nSPS) is 10.7. The molecule has 2 N–H and O–H groups in total. The summed E-state index contributed by atoms with van der Waals surface area (Å²) in [7, 11) is 0. The number of carbonyl (C=O) groups excluding carboxylic acids is 1. The molecule has 0 saturated carbocycles. The first-order valence-corrected chi connectivity index (χ1v) is 8.22. The summed E-state index contributed by atoms with van der Waals surface area (Å²) in [5.74, 6) is 0.958. The molecular formula is C17H13ClN2O2S. The van der Waals surface area contributed by atoms with Crippen molar-refractivity contribution in [3.63, 3.8) is 0 Å². The van der Waals surface area contributed by atoms with E-state index in [4.69, 9.17) is 21.9 Å². The highest BCUT2D eigenvalue weighted by Crippen LogP contribution is 2.26. The van der Waals surface area contributed by atoms with Gasteiger partial charge in [-0.3, -0.25) is 4.79 Å². The zero-order valence-electron chi connectivity index (χ0n) is 12.0. The van der Waals surface area contributed by atoms with Gasteiger partial charge in [0.15, 0.2) is 5.76 Å². The van der Waals surface area contributed by atoms with Crippen LogP contribution in [0.1, 0.15) is 16.1 Å². The molecule has 0 radical (unpaired) electrons. The lowest BCUT2D eigenvalue weighted by molar-refractivity contribution is 0.1000. The second-order valence-corrected chi connectivity index (χ2v) is 6.35. The van der Waals surface area contributed by atoms with Crippen molar-refractivity contribution >= 4 is 29.3 Å². The molecule has 1 amide bonds. The Hall–Kier alpha value is -2.24. The molecule has 0 aliphatic carbocycles. The molecule has 0 unspecified atom stereocenters. The third-order valence-corrected chi connectivity index (χ3v) is 4.51. The maximum atomic E-state index is 11.0. The lowest BCUT2D eigenvalue weighted by Gasteiger charge is -2.00. The van der Waals surface area contributed by atoms with Gasteiger partial charge in [-0.25, -0.2) is 0 Å². The second-order valence-electron chi connectivity index (χ2n) is 4.87. The molecule has 0 fully saturated rings. The fraction of sp³-hybridized carbons (Fsp3) is 0.0588. The van der Waals surface area contributed by atoms with Gasteiger partial charge in [-0.15, -0.1) is 11.8 Å². The van der Waals surface area contributed by atoms with Crippen molar-refractivity contribution in [1.29, 1.82) is 0 Å². The zero-order valence-corrected chi connectivity index (χ0v) is 13.6. The average molecular weight is 345 g/mol. The van der Waals surface area contributed by atoms with Crippen LogP contribution in [0.3, 0.4) is 0 Å². The molecule has 0 spiro atoms. The predicted molar refractivity (Wildman–Crippen MR) is 91.5 cm³/mol. The molecule has 6 heteroatoms. The highest BCUT2D eigenvalue weighted by molar-refractivity contribution is 7.98. The van der Waals surface area contributed by atoms with Gasteiger partial charge in [-0.05, 0) is 48.5 Å². The van der Waals surface area contributed by atoms with Gasteiger partial charge in [0, 0.05) is 32.9 Å². The van der Waals surface area contributed by atoms with Crippen LogP contribution in [-0.4, -0.2) is 11.1 Å². The number of benzene rings is 2. The molecule has 0 saturated heterocycles. The van der Waals surface area contributed by atoms with Crippen LogP contribution in [0.5, 0.6) is 0 Å². The first-order valence-electron chi connectivity index (χ1n) is 6.86. The Morgan fingerprint density at radius 1 is 1.13 bits per heavy atom. The molecule has 0 aliphatic rings. The van der Waals surface area contributed by atoms with Gasteiger partial charge in [0.1, 0.15) is 0 Å². The topological polar surface area (TPSA) is 69.1 Å². The van der Waals surface area contributed by atoms with E-state index in [1.54, 1.807) is 23.9 Å². The third-order valence-electron chi connectivity index (χ3n) is 3.21. The second kappa shape index (κ2) is 6.89. The molecule has 2 aromatic carbocycles. The fourth-order valence-corrected chi connectivity index (χ4v) is 2.91. The summed E-state index contributed by atoms with van der Waals surface area (Å²) in [6.45, 7) is 0. The average Bonchev–Trinajstić information content (AvgIpc) is 3.03. The van der Waals surface area contributed by atoms with E-state index in [-0.39, 0.29) is 0 Å². The molecule has 0 atom stereocenters. The Morgan fingerprint density at radius 2 is 1.83 bits per heavy atom. The van der Waals surface area contributed by atoms with Crippen molar-refractivity contribution in [3.05, 3.63) is 70.9 Å². The van der Waals surface area contributed by atoms with Crippen molar-refractivity contribution in [2.75, 3.05) is 0 Å². The van der Waals surface area contributed by atoms with Crippen molar-refractivity contribution in [1.82, 2.24) is 5.16 Å². The first-order chi connectivity index (χ1) is 11.1. The summed E-state index contributed by atoms with van der Waals surface area (Å²) in [6, 6.07) is 16.5. The summed E-state index contributed by atoms with van der Waals surface area (Å²) >= 11 is 7.48. The van der Waals surface area contributed by atoms with Gasteiger partial charge in [-0.2, -0.15) is 0 Å². The number of halogens is 1. The van der Waals surface area contributed by atoms with Gasteiger partial charge in [0.05, 0.1) is 5.69 Å². The number of thioether (sulfide) groups is 1. The highest BCUT2D eigenvalue weighted by atomic mass is 35.5. The number of amides is 1. The highest BCUT2D eigenvalue weighted by Gasteiger charge is 2.08. The maximum Gasteiger partial charge on any atom is 0.248 e. The number of hydrogen-bond acceptors (Lipinski definition) is 4. The van der Waals surface area contributed by atoms with Gasteiger partial charge < -0.3 is 10.3 Å². The number of nitrogens with two attached hydrogens (primary N) is 1. The molecule has 3 rings (SSSR count). The van der Waals surface area contributed by atoms with Crippen LogP contribution in [0.4, 0.5) is 0 Å². The van der Waals surface area contributed by atoms with Crippen molar-refractivity contribution in [3.8, 4) is 11.3 Å². The molecule has 116 valence electrons. The van der Waals surface area contributed by atoms with E-state index in [9.17, 15) is 4.79 Å². The lowest BCUT2D eigenvalue weighted by atomic mass is 10.2. The SMILES string of the molecule is NC(=O)c1ccc(SCc2cc(-c3ccc(Cl)cc3)on2)cc1. The van der Waals surface area contributed by atoms with Crippen LogP contribution in [0.2, 0.25) is 5.02 Å². The summed E-state index contributed by atoms with van der Waals surface area (Å²) in [5.41, 5.74) is 7.50. The number of carbonyl (C=O) groups is 1. The number of rotatable bonds is 5. The minimum atomic E-state index is -0.425. The number of aromatic nitrogens is 1. The van der Waals surface area contributed by atoms with Crippen molar-refractivity contribution in [2.45, 2.75) is 10.6 Å². The van der Waals surface area contributed by atoms with E-state index in [0.29, 0.717) is 22.1 Å². The Labute approximate surface area is 142 Å². The largest absolute Gasteiger partial charge is 0.366 e. The zero-order chi connectivity index (χ0) is 16.2. The van der Waals surface area contributed by atoms with Crippen LogP contribution in [-0.2, 0) is 5.75 Å². The van der Waals surface area contributed by atoms with E-state index in [0.717, 1.165) is 16.2 Å². The monoisotopic (exact) mass is 344 g/mol. The van der Waals surface area contributed by atoms with Crippen LogP contribution in [0, 0.1) is 0 Å². The summed E-state index contributed by atoms with van der Waals surface area (Å²) in [6.07, 6.45) is 0. The van der Waals surface area contributed by atoms with Gasteiger partial charge in [0.25, 0.3) is 0 Å². The number of nitrogens with zero attached hydrogens (tertiary/aromatic N) is 1. The Bertz CT molecular complexity index is 813. The van der Waals surface area contributed by atoms with E-state index < -0.39 is 5.91 Å². The van der Waals surface area contributed by atoms with E-state index in [2.05, 4.69) is 5.16 Å². The molecule has 3 aromatic rings. The minimum Gasteiger partial charge on any atom is -0.366 e. The van der Waals surface area contributed by atoms with Gasteiger partial charge in [-0.1, -0.05) is 16.8 Å². The summed E-state index contributed by atoms with van der Waals surface area (Å²) in [5, 5.41) is 4.76. The molecular weight excluding hydrogens is 332 g/mol. The Kier molecular flexibility index (Phi) is 4.69. The Morgan fingerprint density at radius 3 is 2.48 bits per heavy atom. The maximum absolute atomic E-state index is 11.0. The van der Waals surface area contributed by atoms with Crippen molar-refractivity contribution < 1.29 is 9.32 Å². The van der Waals surface area contributed by atoms with E-state index >= 15 is 0 Å². The lowest BCUT2D eigenvalue weighted by Crippen LogP contribution is -2.10. The summed E-state index contributed by atoms with van der Waals surface area (Å²) < 4.78 is 5.36. The van der Waals surface area contributed by atoms with Crippen LogP contribution < -0.4 is 5.73 Å². The van der Waals surface area contributed by atoms with Gasteiger partial charge >= 0.3 is 0 Å². The standard InChI is InChI=1S/C17H13ClN2O2S/c18-13-5-1-11(2-6-13)16-9-14(20-22-16)10-23-15-7-3-12(4-8-15)17(19)21/h1-9H,10H2,(H2,19,21). The number of primary amides is 1. The van der Waals surface area contributed by atoms with E-state index in [1.807, 2.05) is 42.5 Å². The quantitative estimate of drug-likeness (QED) is 0.697. The minimum absolute atomic E-state index is 0.425. The third kappa shape index (κ3) is 3.94. The van der Waals surface area contributed by atoms with Crippen LogP contribution in [0.25, 0.3) is 11.3 Å². The molecule has 0 bridgehead atoms. The predicted octanol–water partition coefficient (Wildman–Crippen LogP) is 4.39. The molecule has 1 aromatic heterocycles. The number of hydrogen-bond donors (Lipinski definition) is 1. The molecule has 4 nitrogen and oxygen atoms in total. The molecule has 0 aliphatic heterocycles. The van der Waals surface area contributed by atoms with Crippen molar-refractivity contribution in [2.24, 2.45) is 5.73 Å². The first kappa shape index (κ1) is 15.6. The molecule has 23 heavy (non-hydrogen) atoms.